The van der Waals surface area contributed by atoms with Crippen molar-refractivity contribution in [2.24, 2.45) is 10.2 Å². The minimum atomic E-state index is -3.83. The highest BCUT2D eigenvalue weighted by molar-refractivity contribution is 7.92. The molecule has 0 aliphatic rings. The summed E-state index contributed by atoms with van der Waals surface area (Å²) in [6, 6.07) is 29.0. The number of nitrogens with zero attached hydrogens (tertiary/aromatic N) is 3. The fraction of sp³-hybridized carbons (Fsp3) is 0.100. The van der Waals surface area contributed by atoms with E-state index in [4.69, 9.17) is 4.74 Å². The minimum absolute atomic E-state index is 0.0798. The topological polar surface area (TPSA) is 122 Å². The summed E-state index contributed by atoms with van der Waals surface area (Å²) in [5.41, 5.74) is 2.44. The average molecular weight is 555 g/mol. The number of para-hydroxylation sites is 1. The van der Waals surface area contributed by atoms with Gasteiger partial charge in [0, 0.05) is 16.6 Å². The average Bonchev–Trinajstić information content (AvgIpc) is 3.23. The summed E-state index contributed by atoms with van der Waals surface area (Å²) < 4.78 is 35.0. The number of hydrogen-bond acceptors (Lipinski definition) is 6. The van der Waals surface area contributed by atoms with Crippen molar-refractivity contribution in [2.45, 2.75) is 18.4 Å². The fourth-order valence-electron chi connectivity index (χ4n) is 4.23. The summed E-state index contributed by atoms with van der Waals surface area (Å²) in [5.74, 6) is -0.159. The van der Waals surface area contributed by atoms with Gasteiger partial charge in [0.1, 0.15) is 5.75 Å². The number of carbonyl (C=O) groups is 1. The van der Waals surface area contributed by atoms with Crippen molar-refractivity contribution in [1.29, 1.82) is 0 Å². The Balaban J connectivity index is 1.32. The van der Waals surface area contributed by atoms with Crippen molar-refractivity contribution < 1.29 is 23.1 Å². The monoisotopic (exact) mass is 554 g/mol. The number of carbonyl (C=O) groups excluding carboxylic acids is 1. The minimum Gasteiger partial charge on any atom is -0.494 e. The molecule has 40 heavy (non-hydrogen) atoms. The highest BCUT2D eigenvalue weighted by atomic mass is 32.2. The predicted molar refractivity (Wildman–Crippen MR) is 153 cm³/mol. The van der Waals surface area contributed by atoms with Crippen molar-refractivity contribution in [2.75, 3.05) is 11.3 Å². The number of azo groups is 1. The Kier molecular flexibility index (Phi) is 7.61. The van der Waals surface area contributed by atoms with Crippen molar-refractivity contribution in [3.8, 4) is 11.6 Å². The predicted octanol–water partition coefficient (Wildman–Crippen LogP) is 6.52. The number of anilines is 1. The molecule has 2 N–H and O–H groups in total. The molecule has 0 bridgehead atoms. The van der Waals surface area contributed by atoms with Gasteiger partial charge in [0.25, 0.3) is 15.9 Å². The van der Waals surface area contributed by atoms with Crippen LogP contribution in [0, 0.1) is 0 Å². The number of fused-ring (bicyclic) bond motifs is 1. The van der Waals surface area contributed by atoms with Crippen LogP contribution in [0.3, 0.4) is 0 Å². The number of benzene rings is 4. The summed E-state index contributed by atoms with van der Waals surface area (Å²) in [7, 11) is -3.83. The molecular formula is C30H26N4O5S. The molecule has 0 aliphatic carbocycles. The third-order valence-corrected chi connectivity index (χ3v) is 7.57. The molecule has 1 amide bonds. The summed E-state index contributed by atoms with van der Waals surface area (Å²) >= 11 is 0. The van der Waals surface area contributed by atoms with E-state index in [1.165, 1.54) is 36.4 Å². The smallest absolute Gasteiger partial charge is 0.295 e. The molecule has 0 atom stereocenters. The lowest BCUT2D eigenvalue weighted by molar-refractivity contribution is 0.0995. The number of ether oxygens (including phenoxy) is 1. The second kappa shape index (κ2) is 11.4. The first-order chi connectivity index (χ1) is 19.4. The Morgan fingerprint density at radius 2 is 1.57 bits per heavy atom. The highest BCUT2D eigenvalue weighted by Crippen LogP contribution is 2.39. The van der Waals surface area contributed by atoms with E-state index in [1.54, 1.807) is 22.8 Å². The van der Waals surface area contributed by atoms with Crippen LogP contribution in [0.1, 0.15) is 22.8 Å². The van der Waals surface area contributed by atoms with Gasteiger partial charge in [-0.3, -0.25) is 9.52 Å². The van der Waals surface area contributed by atoms with Gasteiger partial charge in [-0.2, -0.15) is 0 Å². The largest absolute Gasteiger partial charge is 0.494 e. The molecule has 0 saturated carbocycles. The number of hydrogen-bond donors (Lipinski definition) is 2. The van der Waals surface area contributed by atoms with E-state index in [2.05, 4.69) is 15.0 Å². The van der Waals surface area contributed by atoms with Crippen LogP contribution >= 0.6 is 0 Å². The second-order valence-corrected chi connectivity index (χ2v) is 10.5. The SMILES string of the molecule is CCOc1ccc(S(=O)(=O)Nc2ccc(C(=O)N=Nc3c(O)n(Cc4ccccc4)c4ccccc34)cc2)cc1. The first kappa shape index (κ1) is 26.6. The van der Waals surface area contributed by atoms with E-state index in [0.29, 0.717) is 24.3 Å². The molecular weight excluding hydrogens is 528 g/mol. The molecule has 10 heteroatoms. The van der Waals surface area contributed by atoms with Gasteiger partial charge in [-0.05, 0) is 67.1 Å². The Morgan fingerprint density at radius 1 is 0.900 bits per heavy atom. The number of aromatic nitrogens is 1. The molecule has 0 saturated heterocycles. The van der Waals surface area contributed by atoms with Gasteiger partial charge >= 0.3 is 0 Å². The van der Waals surface area contributed by atoms with E-state index in [1.807, 2.05) is 55.5 Å². The van der Waals surface area contributed by atoms with E-state index in [9.17, 15) is 18.3 Å². The van der Waals surface area contributed by atoms with E-state index in [-0.39, 0.29) is 27.7 Å². The first-order valence-corrected chi connectivity index (χ1v) is 14.0. The van der Waals surface area contributed by atoms with Gasteiger partial charge in [-0.1, -0.05) is 48.5 Å². The molecule has 1 aromatic heterocycles. The zero-order valence-corrected chi connectivity index (χ0v) is 22.4. The molecule has 5 aromatic rings. The van der Waals surface area contributed by atoms with Crippen LogP contribution < -0.4 is 9.46 Å². The Bertz CT molecular complexity index is 1780. The first-order valence-electron chi connectivity index (χ1n) is 12.5. The zero-order chi connectivity index (χ0) is 28.1. The Labute approximate surface area is 231 Å². The van der Waals surface area contributed by atoms with Crippen LogP contribution in [-0.4, -0.2) is 30.6 Å². The molecule has 0 fully saturated rings. The van der Waals surface area contributed by atoms with Gasteiger partial charge < -0.3 is 14.4 Å². The van der Waals surface area contributed by atoms with Crippen molar-refractivity contribution in [3.63, 3.8) is 0 Å². The number of nitrogens with one attached hydrogen (secondary N) is 1. The normalized spacial score (nSPS) is 11.6. The van der Waals surface area contributed by atoms with Crippen LogP contribution in [0.25, 0.3) is 10.9 Å². The van der Waals surface area contributed by atoms with Gasteiger partial charge in [-0.15, -0.1) is 10.2 Å². The number of amides is 1. The van der Waals surface area contributed by atoms with Crippen LogP contribution in [-0.2, 0) is 16.6 Å². The molecule has 0 radical (unpaired) electrons. The maximum absolute atomic E-state index is 12.8. The second-order valence-electron chi connectivity index (χ2n) is 8.85. The van der Waals surface area contributed by atoms with Crippen molar-refractivity contribution >= 4 is 38.2 Å². The molecule has 9 nitrogen and oxygen atoms in total. The molecule has 202 valence electrons. The van der Waals surface area contributed by atoms with Crippen molar-refractivity contribution in [1.82, 2.24) is 4.57 Å². The third-order valence-electron chi connectivity index (χ3n) is 6.17. The third kappa shape index (κ3) is 5.71. The Morgan fingerprint density at radius 3 is 2.27 bits per heavy atom. The van der Waals surface area contributed by atoms with Gasteiger partial charge in [0.2, 0.25) is 5.88 Å². The summed E-state index contributed by atoms with van der Waals surface area (Å²) in [6.07, 6.45) is 0. The molecule has 1 heterocycles. The van der Waals surface area contributed by atoms with Crippen LogP contribution in [0.15, 0.2) is 118 Å². The fourth-order valence-corrected chi connectivity index (χ4v) is 5.28. The van der Waals surface area contributed by atoms with Gasteiger partial charge in [0.05, 0.1) is 23.6 Å². The summed E-state index contributed by atoms with van der Waals surface area (Å²) in [4.78, 5) is 12.8. The molecule has 5 rings (SSSR count). The highest BCUT2D eigenvalue weighted by Gasteiger charge is 2.18. The maximum atomic E-state index is 12.8. The van der Waals surface area contributed by atoms with Crippen molar-refractivity contribution in [3.05, 3.63) is 114 Å². The zero-order valence-electron chi connectivity index (χ0n) is 21.6. The number of sulfonamides is 1. The molecule has 0 unspecified atom stereocenters. The number of rotatable bonds is 9. The summed E-state index contributed by atoms with van der Waals surface area (Å²) in [5, 5.41) is 19.6. The van der Waals surface area contributed by atoms with Crippen LogP contribution in [0.2, 0.25) is 0 Å². The van der Waals surface area contributed by atoms with Gasteiger partial charge in [-0.25, -0.2) is 8.42 Å². The van der Waals surface area contributed by atoms with E-state index >= 15 is 0 Å². The molecule has 0 aliphatic heterocycles. The standard InChI is InChI=1S/C30H26N4O5S/c1-2-39-24-16-18-25(19-17-24)40(37,38)33-23-14-12-22(13-15-23)29(35)32-31-28-26-10-6-7-11-27(26)34(30(28)36)20-21-8-4-3-5-9-21/h3-19,33,36H,2,20H2,1H3. The van der Waals surface area contributed by atoms with Crippen LogP contribution in [0.4, 0.5) is 11.4 Å². The lowest BCUT2D eigenvalue weighted by Crippen LogP contribution is -2.13. The summed E-state index contributed by atoms with van der Waals surface area (Å²) in [6.45, 7) is 2.75. The van der Waals surface area contributed by atoms with Crippen LogP contribution in [0.5, 0.6) is 11.6 Å². The molecule has 4 aromatic carbocycles. The lowest BCUT2D eigenvalue weighted by Gasteiger charge is -2.09. The maximum Gasteiger partial charge on any atom is 0.295 e. The quantitative estimate of drug-likeness (QED) is 0.201. The lowest BCUT2D eigenvalue weighted by atomic mass is 10.2. The van der Waals surface area contributed by atoms with E-state index < -0.39 is 15.9 Å². The molecule has 0 spiro atoms. The van der Waals surface area contributed by atoms with E-state index in [0.717, 1.165) is 11.1 Å². The Hall–Kier alpha value is -4.96. The van der Waals surface area contributed by atoms with Gasteiger partial charge in [0.15, 0.2) is 5.69 Å². The number of aromatic hydroxyl groups is 1.